The molecule has 0 fully saturated rings. The van der Waals surface area contributed by atoms with Gasteiger partial charge in [-0.3, -0.25) is 0 Å². The van der Waals surface area contributed by atoms with Crippen LogP contribution < -0.4 is 10.9 Å². The van der Waals surface area contributed by atoms with Gasteiger partial charge in [-0.1, -0.05) is 0 Å². The number of hydrogen-bond donors (Lipinski definition) is 1. The standard InChI is InChI=1S/C6H7NO.H3N/c1-6-3-2-4-7(8)5-6;/h2-5H,1H3;1H3. The van der Waals surface area contributed by atoms with E-state index in [1.165, 1.54) is 12.4 Å². The van der Waals surface area contributed by atoms with Crippen molar-refractivity contribution in [1.29, 1.82) is 0 Å². The van der Waals surface area contributed by atoms with Gasteiger partial charge in [-0.2, -0.15) is 4.73 Å². The summed E-state index contributed by atoms with van der Waals surface area (Å²) in [5.41, 5.74) is 0.988. The van der Waals surface area contributed by atoms with Crippen LogP contribution in [0.3, 0.4) is 0 Å². The lowest BCUT2D eigenvalue weighted by Gasteiger charge is -1.92. The molecule has 3 nitrogen and oxygen atoms in total. The highest BCUT2D eigenvalue weighted by atomic mass is 16.5. The molecule has 0 amide bonds. The smallest absolute Gasteiger partial charge is 0.183 e. The fraction of sp³-hybridized carbons (Fsp3) is 0.167. The summed E-state index contributed by atoms with van der Waals surface area (Å²) in [5.74, 6) is 0. The van der Waals surface area contributed by atoms with Crippen molar-refractivity contribution in [2.24, 2.45) is 0 Å². The van der Waals surface area contributed by atoms with Crippen molar-refractivity contribution in [3.63, 3.8) is 0 Å². The Morgan fingerprint density at radius 2 is 2.22 bits per heavy atom. The van der Waals surface area contributed by atoms with Gasteiger partial charge >= 0.3 is 0 Å². The molecule has 1 heterocycles. The van der Waals surface area contributed by atoms with E-state index in [0.29, 0.717) is 0 Å². The van der Waals surface area contributed by atoms with Gasteiger partial charge in [0.15, 0.2) is 12.4 Å². The van der Waals surface area contributed by atoms with Crippen molar-refractivity contribution >= 4 is 0 Å². The third-order valence-corrected chi connectivity index (χ3v) is 0.923. The first-order valence-corrected chi connectivity index (χ1v) is 2.44. The molecule has 9 heavy (non-hydrogen) atoms. The van der Waals surface area contributed by atoms with E-state index < -0.39 is 0 Å². The molecule has 1 aromatic heterocycles. The van der Waals surface area contributed by atoms with E-state index >= 15 is 0 Å². The van der Waals surface area contributed by atoms with Crippen LogP contribution in [0.15, 0.2) is 24.5 Å². The van der Waals surface area contributed by atoms with Crippen LogP contribution in [0.5, 0.6) is 0 Å². The summed E-state index contributed by atoms with van der Waals surface area (Å²) in [7, 11) is 0. The molecule has 0 aliphatic heterocycles. The molecule has 3 N–H and O–H groups in total. The molecular formula is C6H10N2O. The fourth-order valence-electron chi connectivity index (χ4n) is 0.566. The largest absolute Gasteiger partial charge is 0.619 e. The van der Waals surface area contributed by atoms with Crippen LogP contribution in [-0.2, 0) is 0 Å². The number of hydrogen-bond acceptors (Lipinski definition) is 2. The van der Waals surface area contributed by atoms with E-state index in [1.807, 2.05) is 13.0 Å². The average Bonchev–Trinajstić information content (AvgIpc) is 1.64. The van der Waals surface area contributed by atoms with Gasteiger partial charge in [0.25, 0.3) is 0 Å². The normalized spacial score (nSPS) is 8.11. The first-order valence-electron chi connectivity index (χ1n) is 2.44. The highest BCUT2D eigenvalue weighted by Gasteiger charge is 1.85. The highest BCUT2D eigenvalue weighted by molar-refractivity contribution is 5.01. The van der Waals surface area contributed by atoms with Crippen LogP contribution in [-0.4, -0.2) is 0 Å². The number of rotatable bonds is 0. The zero-order valence-electron chi connectivity index (χ0n) is 5.37. The summed E-state index contributed by atoms with van der Waals surface area (Å²) < 4.78 is 0.787. The Morgan fingerprint density at radius 1 is 1.56 bits per heavy atom. The van der Waals surface area contributed by atoms with Gasteiger partial charge in [-0.25, -0.2) is 0 Å². The van der Waals surface area contributed by atoms with Crippen molar-refractivity contribution in [2.45, 2.75) is 6.92 Å². The summed E-state index contributed by atoms with van der Waals surface area (Å²) >= 11 is 0. The molecule has 0 bridgehead atoms. The Kier molecular flexibility index (Phi) is 2.67. The number of aryl methyl sites for hydroxylation is 1. The quantitative estimate of drug-likeness (QED) is 0.412. The SMILES string of the molecule is Cc1ccc[n+]([O-])c1.N. The summed E-state index contributed by atoms with van der Waals surface area (Å²) in [5, 5.41) is 10.4. The van der Waals surface area contributed by atoms with Gasteiger partial charge < -0.3 is 11.4 Å². The van der Waals surface area contributed by atoms with E-state index in [9.17, 15) is 5.21 Å². The predicted octanol–water partition coefficient (Wildman–Crippen LogP) is 0.790. The lowest BCUT2D eigenvalue weighted by Crippen LogP contribution is -2.23. The minimum atomic E-state index is 0. The lowest BCUT2D eigenvalue weighted by molar-refractivity contribution is -0.605. The molecule has 1 rings (SSSR count). The number of aromatic nitrogens is 1. The maximum absolute atomic E-state index is 10.4. The minimum absolute atomic E-state index is 0. The topological polar surface area (TPSA) is 61.9 Å². The van der Waals surface area contributed by atoms with Crippen molar-refractivity contribution < 1.29 is 4.73 Å². The van der Waals surface area contributed by atoms with E-state index in [2.05, 4.69) is 0 Å². The molecule has 0 aliphatic rings. The van der Waals surface area contributed by atoms with Gasteiger partial charge in [0.1, 0.15) is 0 Å². The Hall–Kier alpha value is -1.09. The number of pyridine rings is 1. The second kappa shape index (κ2) is 3.04. The van der Waals surface area contributed by atoms with Crippen LogP contribution in [0, 0.1) is 12.1 Å². The maximum Gasteiger partial charge on any atom is 0.183 e. The molecule has 50 valence electrons. The summed E-state index contributed by atoms with van der Waals surface area (Å²) in [6.07, 6.45) is 2.99. The molecule has 0 saturated heterocycles. The first kappa shape index (κ1) is 7.91. The lowest BCUT2D eigenvalue weighted by atomic mass is 10.3. The van der Waals surface area contributed by atoms with Crippen LogP contribution in [0.2, 0.25) is 0 Å². The fourth-order valence-corrected chi connectivity index (χ4v) is 0.566. The zero-order valence-corrected chi connectivity index (χ0v) is 5.37. The zero-order chi connectivity index (χ0) is 5.98. The average molecular weight is 126 g/mol. The predicted molar refractivity (Wildman–Crippen MR) is 35.2 cm³/mol. The third kappa shape index (κ3) is 2.10. The maximum atomic E-state index is 10.4. The molecule has 1 aromatic rings. The molecule has 0 aliphatic carbocycles. The van der Waals surface area contributed by atoms with Crippen LogP contribution in [0.25, 0.3) is 0 Å². The molecule has 0 saturated carbocycles. The molecule has 0 spiro atoms. The Bertz CT molecular complexity index is 171. The Balaban J connectivity index is 0.000000640. The second-order valence-electron chi connectivity index (χ2n) is 1.74. The molecule has 0 aromatic carbocycles. The van der Waals surface area contributed by atoms with Crippen molar-refractivity contribution in [3.05, 3.63) is 35.3 Å². The van der Waals surface area contributed by atoms with E-state index in [4.69, 9.17) is 0 Å². The van der Waals surface area contributed by atoms with Crippen LogP contribution >= 0.6 is 0 Å². The molecular weight excluding hydrogens is 116 g/mol. The molecule has 0 atom stereocenters. The van der Waals surface area contributed by atoms with E-state index in [-0.39, 0.29) is 6.15 Å². The van der Waals surface area contributed by atoms with Crippen LogP contribution in [0.1, 0.15) is 5.56 Å². The Morgan fingerprint density at radius 3 is 2.56 bits per heavy atom. The minimum Gasteiger partial charge on any atom is -0.619 e. The van der Waals surface area contributed by atoms with Gasteiger partial charge in [0.05, 0.1) is 0 Å². The first-order chi connectivity index (χ1) is 3.79. The van der Waals surface area contributed by atoms with E-state index in [1.54, 1.807) is 6.07 Å². The monoisotopic (exact) mass is 126 g/mol. The van der Waals surface area contributed by atoms with Crippen molar-refractivity contribution in [2.75, 3.05) is 0 Å². The van der Waals surface area contributed by atoms with Gasteiger partial charge in [0, 0.05) is 11.6 Å². The third-order valence-electron chi connectivity index (χ3n) is 0.923. The summed E-state index contributed by atoms with van der Waals surface area (Å²) in [6, 6.07) is 3.61. The van der Waals surface area contributed by atoms with E-state index in [0.717, 1.165) is 10.3 Å². The summed E-state index contributed by atoms with van der Waals surface area (Å²) in [6.45, 7) is 1.88. The number of nitrogens with zero attached hydrogens (tertiary/aromatic N) is 1. The molecule has 3 heteroatoms. The highest BCUT2D eigenvalue weighted by Crippen LogP contribution is 1.86. The molecule has 0 unspecified atom stereocenters. The van der Waals surface area contributed by atoms with Gasteiger partial charge in [0.2, 0.25) is 0 Å². The van der Waals surface area contributed by atoms with Crippen molar-refractivity contribution in [1.82, 2.24) is 6.15 Å². The second-order valence-corrected chi connectivity index (χ2v) is 1.74. The van der Waals surface area contributed by atoms with Crippen molar-refractivity contribution in [3.8, 4) is 0 Å². The van der Waals surface area contributed by atoms with Crippen LogP contribution in [0.4, 0.5) is 0 Å². The Labute approximate surface area is 54.1 Å². The van der Waals surface area contributed by atoms with Gasteiger partial charge in [-0.05, 0) is 13.0 Å². The molecule has 0 radical (unpaired) electrons. The summed E-state index contributed by atoms with van der Waals surface area (Å²) in [4.78, 5) is 0. The van der Waals surface area contributed by atoms with Gasteiger partial charge in [-0.15, -0.1) is 0 Å².